The van der Waals surface area contributed by atoms with Gasteiger partial charge in [-0.15, -0.1) is 0 Å². The molecule has 0 saturated carbocycles. The molecule has 1 aromatic rings. The van der Waals surface area contributed by atoms with Gasteiger partial charge in [0.05, 0.1) is 12.1 Å². The quantitative estimate of drug-likeness (QED) is 0.909. The number of nitrogens with zero attached hydrogens (tertiary/aromatic N) is 1. The molecule has 0 aliphatic carbocycles. The fourth-order valence-corrected chi connectivity index (χ4v) is 2.62. The van der Waals surface area contributed by atoms with Crippen LogP contribution >= 0.6 is 0 Å². The van der Waals surface area contributed by atoms with Gasteiger partial charge < -0.3 is 10.0 Å². The molecule has 104 valence electrons. The van der Waals surface area contributed by atoms with Gasteiger partial charge in [-0.1, -0.05) is 19.9 Å². The van der Waals surface area contributed by atoms with Crippen molar-refractivity contribution >= 4 is 11.7 Å². The number of carboxylic acid groups (broad SMARTS) is 1. The zero-order valence-corrected chi connectivity index (χ0v) is 11.4. The summed E-state index contributed by atoms with van der Waals surface area (Å²) in [5, 5.41) is 8.90. The van der Waals surface area contributed by atoms with Crippen LogP contribution in [0.2, 0.25) is 0 Å². The second-order valence-corrected chi connectivity index (χ2v) is 5.81. The van der Waals surface area contributed by atoms with Gasteiger partial charge in [-0.25, -0.2) is 4.39 Å². The van der Waals surface area contributed by atoms with Crippen molar-refractivity contribution in [1.29, 1.82) is 0 Å². The van der Waals surface area contributed by atoms with Crippen molar-refractivity contribution in [3.8, 4) is 0 Å². The number of hydrogen-bond donors (Lipinski definition) is 1. The van der Waals surface area contributed by atoms with E-state index >= 15 is 0 Å². The van der Waals surface area contributed by atoms with E-state index in [-0.39, 0.29) is 12.2 Å². The van der Waals surface area contributed by atoms with Gasteiger partial charge in [-0.05, 0) is 30.5 Å². The van der Waals surface area contributed by atoms with Crippen LogP contribution in [0.1, 0.15) is 38.7 Å². The highest BCUT2D eigenvalue weighted by Crippen LogP contribution is 2.31. The zero-order chi connectivity index (χ0) is 14.0. The summed E-state index contributed by atoms with van der Waals surface area (Å²) in [6.45, 7) is 5.44. The molecule has 3 nitrogen and oxygen atoms in total. The lowest BCUT2D eigenvalue weighted by Crippen LogP contribution is -2.23. The van der Waals surface area contributed by atoms with Crippen molar-refractivity contribution in [2.24, 2.45) is 0 Å². The Morgan fingerprint density at radius 3 is 2.53 bits per heavy atom. The van der Waals surface area contributed by atoms with Gasteiger partial charge in [0.25, 0.3) is 0 Å². The first-order valence-corrected chi connectivity index (χ1v) is 6.67. The molecule has 1 N–H and O–H groups in total. The molecule has 0 unspecified atom stereocenters. The predicted octanol–water partition coefficient (Wildman–Crippen LogP) is 3.18. The highest BCUT2D eigenvalue weighted by molar-refractivity contribution is 5.69. The molecule has 0 aromatic heterocycles. The lowest BCUT2D eigenvalue weighted by atomic mass is 9.81. The third kappa shape index (κ3) is 3.06. The number of rotatable bonds is 4. The second kappa shape index (κ2) is 5.19. The van der Waals surface area contributed by atoms with Gasteiger partial charge in [0.2, 0.25) is 0 Å². The summed E-state index contributed by atoms with van der Waals surface area (Å²) in [7, 11) is 0. The molecule has 1 aromatic carbocycles. The SMILES string of the molecule is CC(C)(CC(=O)O)c1ccc(N2CCCC2)c(F)c1. The standard InChI is InChI=1S/C15H20FNO2/c1-15(2,10-14(18)19)11-5-6-13(12(16)9-11)17-7-3-4-8-17/h5-6,9H,3-4,7-8,10H2,1-2H3,(H,18,19). The minimum absolute atomic E-state index is 0.00446. The molecule has 19 heavy (non-hydrogen) atoms. The van der Waals surface area contributed by atoms with E-state index in [0.29, 0.717) is 5.69 Å². The molecule has 1 fully saturated rings. The zero-order valence-electron chi connectivity index (χ0n) is 11.4. The molecule has 0 amide bonds. The van der Waals surface area contributed by atoms with Gasteiger partial charge in [0.15, 0.2) is 0 Å². The Kier molecular flexibility index (Phi) is 3.78. The van der Waals surface area contributed by atoms with Crippen LogP contribution in [0.25, 0.3) is 0 Å². The second-order valence-electron chi connectivity index (χ2n) is 5.81. The summed E-state index contributed by atoms with van der Waals surface area (Å²) in [5.74, 6) is -1.12. The van der Waals surface area contributed by atoms with Crippen LogP contribution in [0.5, 0.6) is 0 Å². The molecular weight excluding hydrogens is 245 g/mol. The van der Waals surface area contributed by atoms with Crippen LogP contribution in [0, 0.1) is 5.82 Å². The minimum Gasteiger partial charge on any atom is -0.481 e. The third-order valence-electron chi connectivity index (χ3n) is 3.77. The number of carboxylic acids is 1. The topological polar surface area (TPSA) is 40.5 Å². The predicted molar refractivity (Wildman–Crippen MR) is 73.1 cm³/mol. The molecule has 4 heteroatoms. The Balaban J connectivity index is 2.25. The Morgan fingerprint density at radius 2 is 2.00 bits per heavy atom. The summed E-state index contributed by atoms with van der Waals surface area (Å²) in [4.78, 5) is 12.9. The first kappa shape index (κ1) is 13.8. The van der Waals surface area contributed by atoms with Crippen molar-refractivity contribution in [3.05, 3.63) is 29.6 Å². The van der Waals surface area contributed by atoms with Crippen molar-refractivity contribution < 1.29 is 14.3 Å². The van der Waals surface area contributed by atoms with E-state index in [1.807, 2.05) is 24.8 Å². The van der Waals surface area contributed by atoms with Crippen molar-refractivity contribution in [1.82, 2.24) is 0 Å². The third-order valence-corrected chi connectivity index (χ3v) is 3.77. The molecule has 0 atom stereocenters. The number of anilines is 1. The first-order valence-electron chi connectivity index (χ1n) is 6.67. The maximum absolute atomic E-state index is 14.2. The molecule has 0 spiro atoms. The summed E-state index contributed by atoms with van der Waals surface area (Å²) in [5.41, 5.74) is 0.804. The molecule has 1 saturated heterocycles. The average molecular weight is 265 g/mol. The minimum atomic E-state index is -0.867. The van der Waals surface area contributed by atoms with E-state index in [1.165, 1.54) is 6.07 Å². The molecule has 1 aliphatic rings. The number of hydrogen-bond acceptors (Lipinski definition) is 2. The van der Waals surface area contributed by atoms with E-state index in [1.54, 1.807) is 6.07 Å². The molecular formula is C15H20FNO2. The van der Waals surface area contributed by atoms with Gasteiger partial charge in [0, 0.05) is 18.5 Å². The lowest BCUT2D eigenvalue weighted by Gasteiger charge is -2.25. The van der Waals surface area contributed by atoms with E-state index in [2.05, 4.69) is 0 Å². The van der Waals surface area contributed by atoms with E-state index in [4.69, 9.17) is 5.11 Å². The fourth-order valence-electron chi connectivity index (χ4n) is 2.62. The lowest BCUT2D eigenvalue weighted by molar-refractivity contribution is -0.138. The smallest absolute Gasteiger partial charge is 0.304 e. The maximum atomic E-state index is 14.2. The van der Waals surface area contributed by atoms with Gasteiger partial charge in [-0.3, -0.25) is 4.79 Å². The summed E-state index contributed by atoms with van der Waals surface area (Å²) < 4.78 is 14.2. The van der Waals surface area contributed by atoms with Crippen LogP contribution in [-0.4, -0.2) is 24.2 Å². The molecule has 0 bridgehead atoms. The highest BCUT2D eigenvalue weighted by Gasteiger charge is 2.26. The van der Waals surface area contributed by atoms with Crippen molar-refractivity contribution in [2.75, 3.05) is 18.0 Å². The molecule has 0 radical (unpaired) electrons. The van der Waals surface area contributed by atoms with Gasteiger partial charge in [-0.2, -0.15) is 0 Å². The maximum Gasteiger partial charge on any atom is 0.304 e. The number of benzene rings is 1. The van der Waals surface area contributed by atoms with Crippen molar-refractivity contribution in [2.45, 2.75) is 38.5 Å². The number of aliphatic carboxylic acids is 1. The Hall–Kier alpha value is -1.58. The van der Waals surface area contributed by atoms with Gasteiger partial charge >= 0.3 is 5.97 Å². The largest absolute Gasteiger partial charge is 0.481 e. The van der Waals surface area contributed by atoms with E-state index in [9.17, 15) is 9.18 Å². The molecule has 2 rings (SSSR count). The highest BCUT2D eigenvalue weighted by atomic mass is 19.1. The number of carbonyl (C=O) groups is 1. The fraction of sp³-hybridized carbons (Fsp3) is 0.533. The first-order chi connectivity index (χ1) is 8.90. The molecule has 1 heterocycles. The van der Waals surface area contributed by atoms with Crippen LogP contribution in [0.15, 0.2) is 18.2 Å². The van der Waals surface area contributed by atoms with E-state index in [0.717, 1.165) is 31.5 Å². The summed E-state index contributed by atoms with van der Waals surface area (Å²) in [6.07, 6.45) is 2.20. The average Bonchev–Trinajstić information content (AvgIpc) is 2.80. The Labute approximate surface area is 113 Å². The van der Waals surface area contributed by atoms with Crippen LogP contribution in [0.4, 0.5) is 10.1 Å². The summed E-state index contributed by atoms with van der Waals surface area (Å²) in [6, 6.07) is 5.11. The van der Waals surface area contributed by atoms with Crippen LogP contribution in [0.3, 0.4) is 0 Å². The normalized spacial score (nSPS) is 15.8. The Morgan fingerprint density at radius 1 is 1.37 bits per heavy atom. The Bertz CT molecular complexity index is 479. The van der Waals surface area contributed by atoms with Crippen molar-refractivity contribution in [3.63, 3.8) is 0 Å². The summed E-state index contributed by atoms with van der Waals surface area (Å²) >= 11 is 0. The van der Waals surface area contributed by atoms with E-state index < -0.39 is 11.4 Å². The van der Waals surface area contributed by atoms with Crippen LogP contribution in [-0.2, 0) is 10.2 Å². The van der Waals surface area contributed by atoms with Gasteiger partial charge in [0.1, 0.15) is 5.82 Å². The molecule has 1 aliphatic heterocycles. The monoisotopic (exact) mass is 265 g/mol. The number of halogens is 1. The van der Waals surface area contributed by atoms with Crippen LogP contribution < -0.4 is 4.90 Å².